The highest BCUT2D eigenvalue weighted by atomic mass is 35.5. The predicted molar refractivity (Wildman–Crippen MR) is 126 cm³/mol. The van der Waals surface area contributed by atoms with Crippen LogP contribution >= 0.6 is 23.4 Å². The van der Waals surface area contributed by atoms with Gasteiger partial charge in [-0.2, -0.15) is 0 Å². The quantitative estimate of drug-likeness (QED) is 0.325. The van der Waals surface area contributed by atoms with Gasteiger partial charge in [0, 0.05) is 17.1 Å². The minimum Gasteiger partial charge on any atom is -0.482 e. The maximum absolute atomic E-state index is 13.2. The van der Waals surface area contributed by atoms with Crippen LogP contribution in [0.4, 0.5) is 5.69 Å². The summed E-state index contributed by atoms with van der Waals surface area (Å²) in [6, 6.07) is 9.98. The third kappa shape index (κ3) is 4.52. The molecule has 2 heterocycles. The first-order valence-electron chi connectivity index (χ1n) is 10.2. The van der Waals surface area contributed by atoms with Crippen molar-refractivity contribution in [2.75, 3.05) is 11.9 Å². The number of hydrogen-bond acceptors (Lipinski definition) is 6. The SMILES string of the molecule is CC(C)Cn1c(SC(C)C(=O)c2ccc3c(c2)NC(=O)CO3)nc2ccc(Cl)cc2c1=O. The Morgan fingerprint density at radius 1 is 1.22 bits per heavy atom. The van der Waals surface area contributed by atoms with Crippen molar-refractivity contribution >= 4 is 51.6 Å². The molecule has 0 radical (unpaired) electrons. The smallest absolute Gasteiger partial charge is 0.262 e. The largest absolute Gasteiger partial charge is 0.482 e. The number of thioether (sulfide) groups is 1. The van der Waals surface area contributed by atoms with Gasteiger partial charge in [-0.15, -0.1) is 0 Å². The molecule has 7 nitrogen and oxygen atoms in total. The summed E-state index contributed by atoms with van der Waals surface area (Å²) in [4.78, 5) is 42.6. The van der Waals surface area contributed by atoms with E-state index in [0.717, 1.165) is 0 Å². The molecule has 1 aromatic heterocycles. The lowest BCUT2D eigenvalue weighted by atomic mass is 10.1. The fraction of sp³-hybridized carbons (Fsp3) is 0.304. The number of ketones is 1. The number of carbonyl (C=O) groups excluding carboxylic acids is 2. The highest BCUT2D eigenvalue weighted by Crippen LogP contribution is 2.31. The Labute approximate surface area is 194 Å². The highest BCUT2D eigenvalue weighted by molar-refractivity contribution is 8.00. The lowest BCUT2D eigenvalue weighted by molar-refractivity contribution is -0.118. The highest BCUT2D eigenvalue weighted by Gasteiger charge is 2.23. The maximum Gasteiger partial charge on any atom is 0.262 e. The second-order valence-electron chi connectivity index (χ2n) is 8.04. The fourth-order valence-electron chi connectivity index (χ4n) is 3.47. The molecule has 3 aromatic rings. The summed E-state index contributed by atoms with van der Waals surface area (Å²) in [7, 11) is 0. The van der Waals surface area contributed by atoms with Gasteiger partial charge in [-0.05, 0) is 49.2 Å². The number of Topliss-reactive ketones (excluding diaryl/α,β-unsaturated/α-hetero) is 1. The van der Waals surface area contributed by atoms with E-state index in [9.17, 15) is 14.4 Å². The first-order valence-corrected chi connectivity index (χ1v) is 11.5. The van der Waals surface area contributed by atoms with Crippen LogP contribution < -0.4 is 15.6 Å². The molecule has 0 bridgehead atoms. The zero-order valence-electron chi connectivity index (χ0n) is 17.8. The molecule has 166 valence electrons. The van der Waals surface area contributed by atoms with Gasteiger partial charge in [0.25, 0.3) is 11.5 Å². The summed E-state index contributed by atoms with van der Waals surface area (Å²) in [5, 5.41) is 3.61. The minimum absolute atomic E-state index is 0.0429. The van der Waals surface area contributed by atoms with E-state index >= 15 is 0 Å². The van der Waals surface area contributed by atoms with Crippen LogP contribution in [0.25, 0.3) is 10.9 Å². The maximum atomic E-state index is 13.2. The molecule has 0 saturated carbocycles. The third-order valence-corrected chi connectivity index (χ3v) is 6.30. The second-order valence-corrected chi connectivity index (χ2v) is 9.78. The van der Waals surface area contributed by atoms with E-state index < -0.39 is 5.25 Å². The zero-order chi connectivity index (χ0) is 23.0. The number of aromatic nitrogens is 2. The molecule has 1 N–H and O–H groups in total. The number of carbonyl (C=O) groups is 2. The Kier molecular flexibility index (Phi) is 6.26. The summed E-state index contributed by atoms with van der Waals surface area (Å²) in [6.45, 7) is 6.24. The van der Waals surface area contributed by atoms with Crippen LogP contribution in [0, 0.1) is 5.92 Å². The molecule has 1 aliphatic heterocycles. The van der Waals surface area contributed by atoms with E-state index in [1.165, 1.54) is 11.8 Å². The average Bonchev–Trinajstić information content (AvgIpc) is 2.75. The number of nitrogens with one attached hydrogen (secondary N) is 1. The predicted octanol–water partition coefficient (Wildman–Crippen LogP) is 4.40. The van der Waals surface area contributed by atoms with Crippen LogP contribution in [-0.4, -0.2) is 33.1 Å². The molecule has 32 heavy (non-hydrogen) atoms. The molecular formula is C23H22ClN3O4S. The van der Waals surface area contributed by atoms with E-state index in [0.29, 0.717) is 44.6 Å². The number of hydrogen-bond donors (Lipinski definition) is 1. The van der Waals surface area contributed by atoms with Crippen LogP contribution in [0.2, 0.25) is 5.02 Å². The van der Waals surface area contributed by atoms with Crippen molar-refractivity contribution < 1.29 is 14.3 Å². The molecule has 9 heteroatoms. The Hall–Kier alpha value is -2.84. The van der Waals surface area contributed by atoms with Gasteiger partial charge < -0.3 is 10.1 Å². The van der Waals surface area contributed by atoms with Gasteiger partial charge in [-0.3, -0.25) is 19.0 Å². The molecule has 0 spiro atoms. The molecule has 4 rings (SSSR count). The number of ether oxygens (including phenoxy) is 1. The van der Waals surface area contributed by atoms with Crippen molar-refractivity contribution in [3.8, 4) is 5.75 Å². The van der Waals surface area contributed by atoms with Gasteiger partial charge >= 0.3 is 0 Å². The molecular weight excluding hydrogens is 450 g/mol. The average molecular weight is 472 g/mol. The number of nitrogens with zero attached hydrogens (tertiary/aromatic N) is 2. The van der Waals surface area contributed by atoms with Crippen molar-refractivity contribution in [2.45, 2.75) is 37.7 Å². The van der Waals surface area contributed by atoms with E-state index in [4.69, 9.17) is 16.3 Å². The van der Waals surface area contributed by atoms with Crippen LogP contribution in [0.5, 0.6) is 5.75 Å². The van der Waals surface area contributed by atoms with Crippen LogP contribution in [0.1, 0.15) is 31.1 Å². The van der Waals surface area contributed by atoms with Crippen molar-refractivity contribution in [3.05, 3.63) is 57.3 Å². The topological polar surface area (TPSA) is 90.3 Å². The van der Waals surface area contributed by atoms with Gasteiger partial charge in [-0.25, -0.2) is 4.98 Å². The van der Waals surface area contributed by atoms with Crippen LogP contribution in [-0.2, 0) is 11.3 Å². The first-order chi connectivity index (χ1) is 15.2. The number of amides is 1. The van der Waals surface area contributed by atoms with Crippen LogP contribution in [0.3, 0.4) is 0 Å². The second kappa shape index (κ2) is 8.96. The van der Waals surface area contributed by atoms with Crippen molar-refractivity contribution in [1.29, 1.82) is 0 Å². The standard InChI is InChI=1S/C23H22ClN3O4S/c1-12(2)10-27-22(30)16-9-15(24)5-6-17(16)26-23(27)32-13(3)21(29)14-4-7-19-18(8-14)25-20(28)11-31-19/h4-9,12-13H,10-11H2,1-3H3,(H,25,28). The number of rotatable bonds is 6. The van der Waals surface area contributed by atoms with Gasteiger partial charge in [0.2, 0.25) is 0 Å². The summed E-state index contributed by atoms with van der Waals surface area (Å²) >= 11 is 7.32. The number of halogens is 1. The molecule has 0 aliphatic carbocycles. The molecule has 0 fully saturated rings. The number of fused-ring (bicyclic) bond motifs is 2. The Morgan fingerprint density at radius 3 is 2.75 bits per heavy atom. The van der Waals surface area contributed by atoms with Crippen molar-refractivity contribution in [3.63, 3.8) is 0 Å². The summed E-state index contributed by atoms with van der Waals surface area (Å²) in [5.74, 6) is 0.338. The zero-order valence-corrected chi connectivity index (χ0v) is 19.4. The van der Waals surface area contributed by atoms with E-state index in [1.807, 2.05) is 13.8 Å². The summed E-state index contributed by atoms with van der Waals surface area (Å²) in [5.41, 5.74) is 1.28. The molecule has 2 aromatic carbocycles. The monoisotopic (exact) mass is 471 g/mol. The normalized spacial score (nSPS) is 14.1. The lowest BCUT2D eigenvalue weighted by Gasteiger charge is -2.20. The van der Waals surface area contributed by atoms with Crippen molar-refractivity contribution in [1.82, 2.24) is 9.55 Å². The first kappa shape index (κ1) is 22.4. The van der Waals surface area contributed by atoms with Crippen LogP contribution in [0.15, 0.2) is 46.3 Å². The molecule has 1 unspecified atom stereocenters. The van der Waals surface area contributed by atoms with Crippen molar-refractivity contribution in [2.24, 2.45) is 5.92 Å². The Bertz CT molecular complexity index is 1290. The number of anilines is 1. The summed E-state index contributed by atoms with van der Waals surface area (Å²) in [6.07, 6.45) is 0. The molecule has 1 amide bonds. The van der Waals surface area contributed by atoms with E-state index in [1.54, 1.807) is 47.9 Å². The van der Waals surface area contributed by atoms with Gasteiger partial charge in [0.1, 0.15) is 5.75 Å². The third-order valence-electron chi connectivity index (χ3n) is 4.98. The van der Waals surface area contributed by atoms with Gasteiger partial charge in [0.15, 0.2) is 17.5 Å². The Balaban J connectivity index is 1.67. The van der Waals surface area contributed by atoms with E-state index in [-0.39, 0.29) is 29.8 Å². The lowest BCUT2D eigenvalue weighted by Crippen LogP contribution is -2.27. The molecule has 0 saturated heterocycles. The summed E-state index contributed by atoms with van der Waals surface area (Å²) < 4.78 is 6.97. The number of benzene rings is 2. The minimum atomic E-state index is -0.511. The van der Waals surface area contributed by atoms with Gasteiger partial charge in [-0.1, -0.05) is 37.2 Å². The van der Waals surface area contributed by atoms with E-state index in [2.05, 4.69) is 10.3 Å². The molecule has 1 aliphatic rings. The molecule has 1 atom stereocenters. The van der Waals surface area contributed by atoms with Gasteiger partial charge in [0.05, 0.1) is 21.8 Å². The fourth-order valence-corrected chi connectivity index (χ4v) is 4.64. The Morgan fingerprint density at radius 2 is 2.00 bits per heavy atom.